The summed E-state index contributed by atoms with van der Waals surface area (Å²) in [5.74, 6) is 1.44. The van der Waals surface area contributed by atoms with E-state index in [1.807, 2.05) is 54.6 Å². The summed E-state index contributed by atoms with van der Waals surface area (Å²) < 4.78 is 86.9. The molecule has 0 N–H and O–H groups in total. The van der Waals surface area contributed by atoms with Crippen LogP contribution in [0, 0.1) is 0 Å². The summed E-state index contributed by atoms with van der Waals surface area (Å²) in [6.07, 6.45) is 0. The van der Waals surface area contributed by atoms with E-state index in [1.165, 1.54) is 33.6 Å². The normalized spacial score (nSPS) is 15.7. The van der Waals surface area contributed by atoms with Crippen LogP contribution in [-0.4, -0.2) is 15.0 Å². The van der Waals surface area contributed by atoms with Crippen molar-refractivity contribution in [1.82, 2.24) is 15.0 Å². The van der Waals surface area contributed by atoms with Gasteiger partial charge in [-0.1, -0.05) is 153 Å². The quantitative estimate of drug-likeness (QED) is 0.180. The second-order valence-corrected chi connectivity index (χ2v) is 14.4. The Hall–Kier alpha value is -6.23. The van der Waals surface area contributed by atoms with Crippen molar-refractivity contribution in [3.05, 3.63) is 175 Å². The molecule has 9 aromatic rings. The van der Waals surface area contributed by atoms with Gasteiger partial charge < -0.3 is 0 Å². The topological polar surface area (TPSA) is 38.7 Å². The zero-order chi connectivity index (χ0) is 43.5. The monoisotopic (exact) mass is 693 g/mol. The van der Waals surface area contributed by atoms with Gasteiger partial charge in [-0.05, 0) is 63.2 Å². The molecule has 4 heteroatoms. The molecule has 2 aromatic heterocycles. The van der Waals surface area contributed by atoms with Crippen molar-refractivity contribution in [2.75, 3.05) is 0 Å². The van der Waals surface area contributed by atoms with E-state index in [9.17, 15) is 0 Å². The number of aromatic nitrogens is 3. The Bertz CT molecular complexity index is 3340. The Morgan fingerprint density at radius 1 is 0.462 bits per heavy atom. The number of hydrogen-bond acceptors (Lipinski definition) is 4. The molecule has 0 aliphatic heterocycles. The van der Waals surface area contributed by atoms with Crippen LogP contribution in [0.4, 0.5) is 0 Å². The summed E-state index contributed by atoms with van der Waals surface area (Å²) in [7, 11) is 0. The SMILES string of the molecule is [2H]c1c([2H])c([2H])c(-c2cc(-c3c([2H])c([2H])c([2H])c([2H])c3[2H])c3sc4cc(-c5nc(-c6ccccc6)nc(-c6ccc7c(c6)C(C)(C)c6ccccc6-7)n5)ccc4c3c2)c([2H])c1[2H]. The average Bonchev–Trinajstić information content (AvgIpc) is 3.77. The molecule has 3 nitrogen and oxygen atoms in total. The first-order valence-electron chi connectivity index (χ1n) is 21.9. The van der Waals surface area contributed by atoms with Crippen molar-refractivity contribution in [1.29, 1.82) is 0 Å². The predicted molar refractivity (Wildman–Crippen MR) is 217 cm³/mol. The third-order valence-electron chi connectivity index (χ3n) is 9.90. The highest BCUT2D eigenvalue weighted by Gasteiger charge is 2.35. The highest BCUT2D eigenvalue weighted by atomic mass is 32.1. The molecular formula is C48H33N3S. The number of nitrogens with zero attached hydrogens (tertiary/aromatic N) is 3. The van der Waals surface area contributed by atoms with Crippen molar-refractivity contribution in [2.45, 2.75) is 19.3 Å². The first-order chi connectivity index (χ1) is 29.6. The molecular weight excluding hydrogens is 651 g/mol. The van der Waals surface area contributed by atoms with Gasteiger partial charge in [-0.2, -0.15) is 0 Å². The lowest BCUT2D eigenvalue weighted by atomic mass is 9.82. The van der Waals surface area contributed by atoms with Gasteiger partial charge >= 0.3 is 0 Å². The number of hydrogen-bond donors (Lipinski definition) is 0. The molecule has 7 aromatic carbocycles. The number of rotatable bonds is 5. The lowest BCUT2D eigenvalue weighted by Gasteiger charge is -2.21. The van der Waals surface area contributed by atoms with Crippen LogP contribution in [0.15, 0.2) is 164 Å². The Kier molecular flexibility index (Phi) is 5.02. The van der Waals surface area contributed by atoms with Gasteiger partial charge in [-0.3, -0.25) is 0 Å². The minimum absolute atomic E-state index is 0.0581. The van der Waals surface area contributed by atoms with Gasteiger partial charge in [0.15, 0.2) is 17.5 Å². The molecule has 0 fully saturated rings. The number of thiophene rings is 1. The third kappa shape index (κ3) is 4.98. The summed E-state index contributed by atoms with van der Waals surface area (Å²) in [4.78, 5) is 15.1. The number of fused-ring (bicyclic) bond motifs is 6. The lowest BCUT2D eigenvalue weighted by molar-refractivity contribution is 0.660. The first kappa shape index (κ1) is 21.9. The van der Waals surface area contributed by atoms with Gasteiger partial charge in [-0.25, -0.2) is 15.0 Å². The molecule has 1 aliphatic carbocycles. The van der Waals surface area contributed by atoms with Crippen molar-refractivity contribution >= 4 is 31.5 Å². The number of benzene rings is 7. The van der Waals surface area contributed by atoms with E-state index in [1.54, 1.807) is 12.1 Å². The fourth-order valence-corrected chi connectivity index (χ4v) is 8.56. The highest BCUT2D eigenvalue weighted by molar-refractivity contribution is 7.26. The minimum atomic E-state index is -0.539. The second kappa shape index (κ2) is 11.9. The molecule has 0 unspecified atom stereocenters. The maximum atomic E-state index is 8.91. The summed E-state index contributed by atoms with van der Waals surface area (Å²) in [5.41, 5.74) is 7.36. The van der Waals surface area contributed by atoms with E-state index >= 15 is 0 Å². The van der Waals surface area contributed by atoms with Crippen LogP contribution >= 0.6 is 11.3 Å². The molecule has 246 valence electrons. The van der Waals surface area contributed by atoms with E-state index in [2.05, 4.69) is 50.2 Å². The molecule has 10 rings (SSSR count). The maximum Gasteiger partial charge on any atom is 0.164 e. The molecule has 0 atom stereocenters. The zero-order valence-corrected chi connectivity index (χ0v) is 28.9. The maximum absolute atomic E-state index is 8.91. The van der Waals surface area contributed by atoms with Gasteiger partial charge in [0, 0.05) is 47.8 Å². The Balaban J connectivity index is 1.20. The molecule has 2 heterocycles. The standard InChI is InChI=1S/C48H33N3S/c1-48(2)41-21-13-12-20-36(41)37-24-22-33(28-42(37)48)46-49-45(32-18-10-5-11-19-32)50-47(51-46)34-23-25-38-40-27-35(30-14-6-3-7-15-30)26-39(31-16-8-4-9-17-31)44(40)52-43(38)29-34/h3-29H,1-2H3/i3D,4D,6D,7D,8D,9D,14D,15D,16D,17D. The smallest absolute Gasteiger partial charge is 0.164 e. The fraction of sp³-hybridized carbons (Fsp3) is 0.0625. The van der Waals surface area contributed by atoms with Gasteiger partial charge in [0.2, 0.25) is 0 Å². The Labute approximate surface area is 321 Å². The molecule has 52 heavy (non-hydrogen) atoms. The van der Waals surface area contributed by atoms with Crippen LogP contribution in [0.1, 0.15) is 38.7 Å². The van der Waals surface area contributed by atoms with Crippen molar-refractivity contribution < 1.29 is 13.7 Å². The Morgan fingerprint density at radius 3 is 1.83 bits per heavy atom. The summed E-state index contributed by atoms with van der Waals surface area (Å²) in [5, 5.41) is 1.36. The zero-order valence-electron chi connectivity index (χ0n) is 38.1. The van der Waals surface area contributed by atoms with Crippen LogP contribution in [-0.2, 0) is 5.41 Å². The van der Waals surface area contributed by atoms with Crippen LogP contribution in [0.3, 0.4) is 0 Å². The molecule has 0 spiro atoms. The summed E-state index contributed by atoms with van der Waals surface area (Å²) in [6, 6.07) is 28.8. The van der Waals surface area contributed by atoms with E-state index in [-0.39, 0.29) is 27.7 Å². The van der Waals surface area contributed by atoms with Crippen LogP contribution in [0.2, 0.25) is 0 Å². The predicted octanol–water partition coefficient (Wildman–Crippen LogP) is 12.9. The molecule has 0 bridgehead atoms. The van der Waals surface area contributed by atoms with Gasteiger partial charge in [0.1, 0.15) is 0 Å². The molecule has 0 saturated carbocycles. The Morgan fingerprint density at radius 2 is 1.08 bits per heavy atom. The molecule has 0 saturated heterocycles. The van der Waals surface area contributed by atoms with E-state index in [0.717, 1.165) is 21.2 Å². The largest absolute Gasteiger partial charge is 0.208 e. The van der Waals surface area contributed by atoms with E-state index < -0.39 is 60.4 Å². The first-order valence-corrected chi connectivity index (χ1v) is 17.7. The van der Waals surface area contributed by atoms with Crippen molar-refractivity contribution in [3.63, 3.8) is 0 Å². The summed E-state index contributed by atoms with van der Waals surface area (Å²) in [6.45, 7) is 4.46. The van der Waals surface area contributed by atoms with Gasteiger partial charge in [0.25, 0.3) is 0 Å². The van der Waals surface area contributed by atoms with Crippen molar-refractivity contribution in [3.8, 4) is 67.5 Å². The molecule has 0 amide bonds. The third-order valence-corrected chi connectivity index (χ3v) is 11.1. The van der Waals surface area contributed by atoms with Crippen LogP contribution < -0.4 is 0 Å². The average molecular weight is 694 g/mol. The van der Waals surface area contributed by atoms with Crippen LogP contribution in [0.25, 0.3) is 87.7 Å². The highest BCUT2D eigenvalue weighted by Crippen LogP contribution is 2.49. The fourth-order valence-electron chi connectivity index (χ4n) is 7.32. The van der Waals surface area contributed by atoms with Gasteiger partial charge in [-0.15, -0.1) is 11.3 Å². The second-order valence-electron chi connectivity index (χ2n) is 13.3. The summed E-state index contributed by atoms with van der Waals surface area (Å²) >= 11 is 1.35. The van der Waals surface area contributed by atoms with Gasteiger partial charge in [0.05, 0.1) is 13.7 Å². The molecule has 1 aliphatic rings. The van der Waals surface area contributed by atoms with Crippen LogP contribution in [0.5, 0.6) is 0 Å². The van der Waals surface area contributed by atoms with Crippen molar-refractivity contribution in [2.24, 2.45) is 0 Å². The van der Waals surface area contributed by atoms with E-state index in [4.69, 9.17) is 28.7 Å². The minimum Gasteiger partial charge on any atom is -0.208 e. The lowest BCUT2D eigenvalue weighted by Crippen LogP contribution is -2.15. The molecule has 0 radical (unpaired) electrons. The van der Waals surface area contributed by atoms with E-state index in [0.29, 0.717) is 33.1 Å².